The van der Waals surface area contributed by atoms with E-state index < -0.39 is 0 Å². The van der Waals surface area contributed by atoms with Gasteiger partial charge in [-0.2, -0.15) is 0 Å². The number of hydrogen-bond donors (Lipinski definition) is 2. The van der Waals surface area contributed by atoms with E-state index in [-0.39, 0.29) is 0 Å². The molecule has 5 nitrogen and oxygen atoms in total. The van der Waals surface area contributed by atoms with Gasteiger partial charge in [0.15, 0.2) is 5.96 Å². The van der Waals surface area contributed by atoms with Crippen LogP contribution in [-0.4, -0.2) is 48.1 Å². The normalized spacial score (nSPS) is 12.5. The van der Waals surface area contributed by atoms with Crippen molar-refractivity contribution in [1.29, 1.82) is 0 Å². The van der Waals surface area contributed by atoms with E-state index in [1.54, 1.807) is 18.4 Å². The van der Waals surface area contributed by atoms with Gasteiger partial charge in [-0.3, -0.25) is 9.89 Å². The van der Waals surface area contributed by atoms with Crippen molar-refractivity contribution >= 4 is 17.3 Å². The second-order valence-corrected chi connectivity index (χ2v) is 6.58. The second kappa shape index (κ2) is 9.00. The Morgan fingerprint density at radius 1 is 1.29 bits per heavy atom. The third kappa shape index (κ3) is 6.01. The van der Waals surface area contributed by atoms with E-state index in [0.717, 1.165) is 31.3 Å². The Morgan fingerprint density at radius 2 is 1.95 bits per heavy atom. The number of guanidine groups is 1. The van der Waals surface area contributed by atoms with Gasteiger partial charge < -0.3 is 10.6 Å². The first-order valence-corrected chi connectivity index (χ1v) is 8.42. The molecule has 0 atom stereocenters. The maximum Gasteiger partial charge on any atom is 0.191 e. The maximum absolute atomic E-state index is 4.26. The highest BCUT2D eigenvalue weighted by Gasteiger charge is 2.12. The molecule has 1 aromatic rings. The summed E-state index contributed by atoms with van der Waals surface area (Å²) in [5.74, 6) is 0.843. The van der Waals surface area contributed by atoms with Gasteiger partial charge in [0.25, 0.3) is 0 Å². The fourth-order valence-electron chi connectivity index (χ4n) is 2.30. The highest BCUT2D eigenvalue weighted by Crippen LogP contribution is 2.10. The topological polar surface area (TPSA) is 52.6 Å². The Morgan fingerprint density at radius 3 is 2.43 bits per heavy atom. The van der Waals surface area contributed by atoms with Crippen molar-refractivity contribution in [3.8, 4) is 0 Å². The zero-order valence-corrected chi connectivity index (χ0v) is 14.9. The lowest BCUT2D eigenvalue weighted by atomic mass is 10.2. The van der Waals surface area contributed by atoms with E-state index in [1.165, 1.54) is 4.88 Å². The zero-order valence-electron chi connectivity index (χ0n) is 14.1. The van der Waals surface area contributed by atoms with E-state index >= 15 is 0 Å². The second-order valence-electron chi connectivity index (χ2n) is 5.64. The Balaban J connectivity index is 2.36. The summed E-state index contributed by atoms with van der Waals surface area (Å²) in [7, 11) is 1.80. The molecule has 0 aliphatic carbocycles. The quantitative estimate of drug-likeness (QED) is 0.599. The summed E-state index contributed by atoms with van der Waals surface area (Å²) in [4.78, 5) is 12.2. The van der Waals surface area contributed by atoms with Gasteiger partial charge in [-0.1, -0.05) is 0 Å². The molecule has 0 bridgehead atoms. The van der Waals surface area contributed by atoms with Gasteiger partial charge in [0.05, 0.1) is 17.7 Å². The number of hydrogen-bond acceptors (Lipinski definition) is 4. The van der Waals surface area contributed by atoms with Crippen LogP contribution in [0.2, 0.25) is 0 Å². The molecule has 0 spiro atoms. The molecule has 0 aromatic carbocycles. The Kier molecular flexibility index (Phi) is 7.67. The smallest absolute Gasteiger partial charge is 0.191 e. The van der Waals surface area contributed by atoms with Crippen molar-refractivity contribution in [2.24, 2.45) is 4.99 Å². The molecule has 0 fully saturated rings. The van der Waals surface area contributed by atoms with E-state index in [0.29, 0.717) is 12.1 Å². The average molecular weight is 311 g/mol. The van der Waals surface area contributed by atoms with Gasteiger partial charge in [0, 0.05) is 37.1 Å². The molecule has 0 aliphatic rings. The highest BCUT2D eigenvalue weighted by atomic mass is 32.1. The largest absolute Gasteiger partial charge is 0.355 e. The third-order valence-corrected chi connectivity index (χ3v) is 4.41. The summed E-state index contributed by atoms with van der Waals surface area (Å²) in [6, 6.07) is 1.11. The summed E-state index contributed by atoms with van der Waals surface area (Å²) >= 11 is 1.67. The molecule has 1 aromatic heterocycles. The Labute approximate surface area is 132 Å². The van der Waals surface area contributed by atoms with Crippen LogP contribution in [0.5, 0.6) is 0 Å². The van der Waals surface area contributed by atoms with Crippen molar-refractivity contribution in [1.82, 2.24) is 20.5 Å². The summed E-state index contributed by atoms with van der Waals surface area (Å²) in [6.45, 7) is 13.6. The average Bonchev–Trinajstić information content (AvgIpc) is 2.82. The Hall–Kier alpha value is -1.14. The fraction of sp³-hybridized carbons (Fsp3) is 0.733. The van der Waals surface area contributed by atoms with Crippen molar-refractivity contribution in [3.05, 3.63) is 16.1 Å². The summed E-state index contributed by atoms with van der Waals surface area (Å²) in [6.07, 6.45) is 0. The first-order valence-electron chi connectivity index (χ1n) is 7.55. The predicted octanol–water partition coefficient (Wildman–Crippen LogP) is 2.24. The molecular weight excluding hydrogens is 282 g/mol. The molecule has 0 saturated heterocycles. The van der Waals surface area contributed by atoms with E-state index in [9.17, 15) is 0 Å². The number of nitrogens with one attached hydrogen (secondary N) is 2. The van der Waals surface area contributed by atoms with Crippen LogP contribution in [0.1, 0.15) is 38.3 Å². The van der Waals surface area contributed by atoms with Crippen molar-refractivity contribution in [2.45, 2.75) is 53.2 Å². The SMILES string of the molecule is CN=C(NCCN(C(C)C)C(C)C)NCc1scnc1C. The van der Waals surface area contributed by atoms with Crippen LogP contribution in [-0.2, 0) is 6.54 Å². The first-order chi connectivity index (χ1) is 9.95. The highest BCUT2D eigenvalue weighted by molar-refractivity contribution is 7.09. The van der Waals surface area contributed by atoms with Crippen LogP contribution in [0.4, 0.5) is 0 Å². The maximum atomic E-state index is 4.26. The molecule has 120 valence electrons. The molecule has 6 heteroatoms. The molecule has 21 heavy (non-hydrogen) atoms. The molecule has 0 radical (unpaired) electrons. The molecule has 0 aliphatic heterocycles. The summed E-state index contributed by atoms with van der Waals surface area (Å²) in [5.41, 5.74) is 2.97. The van der Waals surface area contributed by atoms with Gasteiger partial charge in [0.2, 0.25) is 0 Å². The standard InChI is InChI=1S/C15H29N5S/c1-11(2)20(12(3)4)8-7-17-15(16-6)18-9-14-13(5)19-10-21-14/h10-12H,7-9H2,1-6H3,(H2,16,17,18). The third-order valence-electron chi connectivity index (χ3n) is 3.47. The zero-order chi connectivity index (χ0) is 15.8. The van der Waals surface area contributed by atoms with E-state index in [1.807, 2.05) is 12.4 Å². The first kappa shape index (κ1) is 17.9. The molecule has 0 saturated carbocycles. The van der Waals surface area contributed by atoms with Gasteiger partial charge in [-0.25, -0.2) is 4.98 Å². The van der Waals surface area contributed by atoms with Crippen LogP contribution in [0, 0.1) is 6.92 Å². The molecule has 1 rings (SSSR count). The van der Waals surface area contributed by atoms with Crippen LogP contribution < -0.4 is 10.6 Å². The fourth-order valence-corrected chi connectivity index (χ4v) is 3.01. The van der Waals surface area contributed by atoms with E-state index in [2.05, 4.69) is 53.2 Å². The Bertz CT molecular complexity index is 431. The predicted molar refractivity (Wildman–Crippen MR) is 92.0 cm³/mol. The van der Waals surface area contributed by atoms with Gasteiger partial charge in [-0.15, -0.1) is 11.3 Å². The van der Waals surface area contributed by atoms with Crippen LogP contribution in [0.3, 0.4) is 0 Å². The number of aromatic nitrogens is 1. The molecule has 0 unspecified atom stereocenters. The van der Waals surface area contributed by atoms with Gasteiger partial charge in [0.1, 0.15) is 0 Å². The van der Waals surface area contributed by atoms with E-state index in [4.69, 9.17) is 0 Å². The number of aryl methyl sites for hydroxylation is 1. The van der Waals surface area contributed by atoms with Crippen molar-refractivity contribution in [3.63, 3.8) is 0 Å². The molecule has 0 amide bonds. The van der Waals surface area contributed by atoms with Crippen LogP contribution >= 0.6 is 11.3 Å². The number of aliphatic imine (C=N–C) groups is 1. The molecule has 2 N–H and O–H groups in total. The van der Waals surface area contributed by atoms with Crippen molar-refractivity contribution in [2.75, 3.05) is 20.1 Å². The monoisotopic (exact) mass is 311 g/mol. The van der Waals surface area contributed by atoms with Crippen LogP contribution in [0.25, 0.3) is 0 Å². The number of thiazole rings is 1. The van der Waals surface area contributed by atoms with Gasteiger partial charge in [-0.05, 0) is 34.6 Å². The lowest BCUT2D eigenvalue weighted by Gasteiger charge is -2.30. The minimum absolute atomic E-state index is 0.557. The van der Waals surface area contributed by atoms with Crippen molar-refractivity contribution < 1.29 is 0 Å². The van der Waals surface area contributed by atoms with Crippen LogP contribution in [0.15, 0.2) is 10.5 Å². The minimum Gasteiger partial charge on any atom is -0.355 e. The number of rotatable bonds is 7. The lowest BCUT2D eigenvalue weighted by Crippen LogP contribution is -2.45. The van der Waals surface area contributed by atoms with Gasteiger partial charge >= 0.3 is 0 Å². The number of nitrogens with zero attached hydrogens (tertiary/aromatic N) is 3. The summed E-state index contributed by atoms with van der Waals surface area (Å²) in [5, 5.41) is 6.71. The summed E-state index contributed by atoms with van der Waals surface area (Å²) < 4.78 is 0. The molecular formula is C15H29N5S. The molecule has 1 heterocycles. The minimum atomic E-state index is 0.557. The lowest BCUT2D eigenvalue weighted by molar-refractivity contribution is 0.178.